The number of amides is 1. The summed E-state index contributed by atoms with van der Waals surface area (Å²) in [4.78, 5) is 18.1. The largest absolute Gasteiger partial charge is 0.353 e. The van der Waals surface area contributed by atoms with Crippen LogP contribution in [0.4, 0.5) is 5.82 Å². The van der Waals surface area contributed by atoms with Crippen LogP contribution in [0.2, 0.25) is 0 Å². The fourth-order valence-electron chi connectivity index (χ4n) is 2.98. The Morgan fingerprint density at radius 2 is 2.08 bits per heavy atom. The lowest BCUT2D eigenvalue weighted by Crippen LogP contribution is -2.35. The Hall–Kier alpha value is -1.95. The summed E-state index contributed by atoms with van der Waals surface area (Å²) in [7, 11) is 0. The second-order valence-corrected chi connectivity index (χ2v) is 7.22. The van der Waals surface area contributed by atoms with Crippen LogP contribution in [0.1, 0.15) is 29.8 Å². The third-order valence-electron chi connectivity index (χ3n) is 4.35. The molecular formula is C18H24N4OS. The minimum absolute atomic E-state index is 0.281. The van der Waals surface area contributed by atoms with Gasteiger partial charge in [-0.3, -0.25) is 4.79 Å². The smallest absolute Gasteiger partial charge is 0.222 e. The Balaban J connectivity index is 1.47. The van der Waals surface area contributed by atoms with Crippen molar-refractivity contribution < 1.29 is 4.79 Å². The molecule has 1 aliphatic rings. The maximum Gasteiger partial charge on any atom is 0.222 e. The van der Waals surface area contributed by atoms with Gasteiger partial charge in [-0.15, -0.1) is 16.4 Å². The van der Waals surface area contributed by atoms with Gasteiger partial charge in [-0.1, -0.05) is 6.07 Å². The average molecular weight is 344 g/mol. The zero-order valence-corrected chi connectivity index (χ0v) is 15.0. The van der Waals surface area contributed by atoms with E-state index in [4.69, 9.17) is 0 Å². The van der Waals surface area contributed by atoms with Gasteiger partial charge in [-0.2, -0.15) is 5.10 Å². The molecule has 5 nitrogen and oxygen atoms in total. The number of hydrogen-bond acceptors (Lipinski definition) is 5. The molecule has 0 spiro atoms. The van der Waals surface area contributed by atoms with E-state index >= 15 is 0 Å². The highest BCUT2D eigenvalue weighted by molar-refractivity contribution is 7.09. The number of thiophene rings is 1. The fourth-order valence-corrected chi connectivity index (χ4v) is 3.73. The van der Waals surface area contributed by atoms with Gasteiger partial charge in [-0.05, 0) is 49.8 Å². The molecule has 1 saturated heterocycles. The first-order valence-electron chi connectivity index (χ1n) is 8.58. The van der Waals surface area contributed by atoms with E-state index in [1.807, 2.05) is 24.0 Å². The molecule has 0 bridgehead atoms. The molecule has 0 N–H and O–H groups in total. The van der Waals surface area contributed by atoms with Crippen LogP contribution in [-0.2, 0) is 11.2 Å². The van der Waals surface area contributed by atoms with Crippen molar-refractivity contribution in [3.05, 3.63) is 40.2 Å². The van der Waals surface area contributed by atoms with Crippen LogP contribution in [0, 0.1) is 6.92 Å². The third kappa shape index (κ3) is 4.54. The predicted molar refractivity (Wildman–Crippen MR) is 97.4 cm³/mol. The van der Waals surface area contributed by atoms with Crippen molar-refractivity contribution in [2.45, 2.75) is 32.6 Å². The molecule has 0 saturated carbocycles. The molecule has 1 aliphatic heterocycles. The summed E-state index contributed by atoms with van der Waals surface area (Å²) in [6.07, 6.45) is 3.56. The number of carbonyl (C=O) groups excluding carboxylic acids is 1. The second-order valence-electron chi connectivity index (χ2n) is 6.19. The molecule has 0 atom stereocenters. The summed E-state index contributed by atoms with van der Waals surface area (Å²) < 4.78 is 0. The lowest BCUT2D eigenvalue weighted by Gasteiger charge is -2.22. The fraction of sp³-hybridized carbons (Fsp3) is 0.500. The molecule has 24 heavy (non-hydrogen) atoms. The Labute approximate surface area is 147 Å². The van der Waals surface area contributed by atoms with Crippen LogP contribution in [0.15, 0.2) is 29.6 Å². The third-order valence-corrected chi connectivity index (χ3v) is 5.29. The van der Waals surface area contributed by atoms with Gasteiger partial charge in [0.15, 0.2) is 5.82 Å². The van der Waals surface area contributed by atoms with Gasteiger partial charge >= 0.3 is 0 Å². The zero-order chi connectivity index (χ0) is 16.8. The predicted octanol–water partition coefficient (Wildman–Crippen LogP) is 2.91. The van der Waals surface area contributed by atoms with Crippen LogP contribution in [0.25, 0.3) is 0 Å². The van der Waals surface area contributed by atoms with E-state index in [9.17, 15) is 4.79 Å². The monoisotopic (exact) mass is 344 g/mol. The number of carbonyl (C=O) groups is 1. The first-order chi connectivity index (χ1) is 11.7. The first-order valence-corrected chi connectivity index (χ1v) is 9.46. The van der Waals surface area contributed by atoms with Gasteiger partial charge in [0.2, 0.25) is 5.91 Å². The zero-order valence-electron chi connectivity index (χ0n) is 14.1. The number of hydrogen-bond donors (Lipinski definition) is 0. The quantitative estimate of drug-likeness (QED) is 0.837. The molecule has 3 rings (SSSR count). The Morgan fingerprint density at radius 1 is 1.17 bits per heavy atom. The van der Waals surface area contributed by atoms with E-state index in [-0.39, 0.29) is 5.91 Å². The van der Waals surface area contributed by atoms with Crippen LogP contribution in [0.3, 0.4) is 0 Å². The molecule has 2 aromatic rings. The minimum Gasteiger partial charge on any atom is -0.353 e. The summed E-state index contributed by atoms with van der Waals surface area (Å²) >= 11 is 1.77. The lowest BCUT2D eigenvalue weighted by atomic mass is 10.2. The number of rotatable bonds is 5. The van der Waals surface area contributed by atoms with Gasteiger partial charge in [0.25, 0.3) is 0 Å². The second kappa shape index (κ2) is 8.24. The van der Waals surface area contributed by atoms with E-state index in [0.29, 0.717) is 6.42 Å². The molecular weight excluding hydrogens is 320 g/mol. The van der Waals surface area contributed by atoms with Crippen LogP contribution >= 0.6 is 11.3 Å². The average Bonchev–Trinajstić information content (AvgIpc) is 2.98. The van der Waals surface area contributed by atoms with Gasteiger partial charge in [0.1, 0.15) is 0 Å². The summed E-state index contributed by atoms with van der Waals surface area (Å²) in [5, 5.41) is 10.5. The van der Waals surface area contributed by atoms with E-state index in [1.54, 1.807) is 11.3 Å². The van der Waals surface area contributed by atoms with Gasteiger partial charge < -0.3 is 9.80 Å². The molecule has 2 aromatic heterocycles. The number of aromatic nitrogens is 2. The highest BCUT2D eigenvalue weighted by Gasteiger charge is 2.19. The van der Waals surface area contributed by atoms with Crippen LogP contribution < -0.4 is 4.90 Å². The topological polar surface area (TPSA) is 49.3 Å². The van der Waals surface area contributed by atoms with Crippen LogP contribution in [-0.4, -0.2) is 47.2 Å². The molecule has 0 aliphatic carbocycles. The Morgan fingerprint density at radius 3 is 2.83 bits per heavy atom. The van der Waals surface area contributed by atoms with E-state index < -0.39 is 0 Å². The van der Waals surface area contributed by atoms with Gasteiger partial charge in [-0.25, -0.2) is 0 Å². The van der Waals surface area contributed by atoms with Gasteiger partial charge in [0, 0.05) is 37.5 Å². The lowest BCUT2D eigenvalue weighted by molar-refractivity contribution is -0.131. The highest BCUT2D eigenvalue weighted by Crippen LogP contribution is 2.15. The van der Waals surface area contributed by atoms with E-state index in [1.165, 1.54) is 4.88 Å². The van der Waals surface area contributed by atoms with E-state index in [0.717, 1.165) is 57.0 Å². The maximum atomic E-state index is 12.5. The minimum atomic E-state index is 0.281. The SMILES string of the molecule is Cc1ccc(N2CCCN(C(=O)CCCc3cccs3)CC2)nn1. The van der Waals surface area contributed by atoms with Crippen molar-refractivity contribution in [2.24, 2.45) is 0 Å². The van der Waals surface area contributed by atoms with Crippen molar-refractivity contribution >= 4 is 23.1 Å². The molecule has 3 heterocycles. The molecule has 0 unspecified atom stereocenters. The van der Waals surface area contributed by atoms with E-state index in [2.05, 4.69) is 32.6 Å². The van der Waals surface area contributed by atoms with Crippen LogP contribution in [0.5, 0.6) is 0 Å². The number of nitrogens with zero attached hydrogens (tertiary/aromatic N) is 4. The van der Waals surface area contributed by atoms with Crippen molar-refractivity contribution in [3.8, 4) is 0 Å². The molecule has 6 heteroatoms. The van der Waals surface area contributed by atoms with Crippen molar-refractivity contribution in [3.63, 3.8) is 0 Å². The normalized spacial score (nSPS) is 15.4. The maximum absolute atomic E-state index is 12.5. The number of anilines is 1. The Bertz CT molecular complexity index is 642. The van der Waals surface area contributed by atoms with Crippen molar-refractivity contribution in [1.29, 1.82) is 0 Å². The standard InChI is InChI=1S/C18H24N4OS/c1-15-8-9-17(20-19-15)21-10-4-11-22(13-12-21)18(23)7-2-5-16-6-3-14-24-16/h3,6,8-9,14H,2,4-5,7,10-13H2,1H3. The molecule has 0 radical (unpaired) electrons. The summed E-state index contributed by atoms with van der Waals surface area (Å²) in [5.74, 6) is 1.19. The molecule has 1 fully saturated rings. The van der Waals surface area contributed by atoms with Gasteiger partial charge in [0.05, 0.1) is 5.69 Å². The first kappa shape index (κ1) is 16.9. The summed E-state index contributed by atoms with van der Waals surface area (Å²) in [6.45, 7) is 5.31. The molecule has 0 aromatic carbocycles. The van der Waals surface area contributed by atoms with Crippen molar-refractivity contribution in [2.75, 3.05) is 31.1 Å². The Kier molecular flexibility index (Phi) is 5.80. The summed E-state index contributed by atoms with van der Waals surface area (Å²) in [6, 6.07) is 8.21. The van der Waals surface area contributed by atoms with Crippen molar-refractivity contribution in [1.82, 2.24) is 15.1 Å². The highest BCUT2D eigenvalue weighted by atomic mass is 32.1. The number of aryl methyl sites for hydroxylation is 2. The summed E-state index contributed by atoms with van der Waals surface area (Å²) in [5.41, 5.74) is 0.927. The molecule has 1 amide bonds. The molecule has 128 valence electrons.